The van der Waals surface area contributed by atoms with Crippen LogP contribution in [-0.2, 0) is 0 Å². The Balaban J connectivity index is 1.13. The Hall–Kier alpha value is -6.90. The molecule has 10 rings (SSSR count). The maximum Gasteiger partial charge on any atom is 0.136 e. The lowest BCUT2D eigenvalue weighted by Gasteiger charge is -2.28. The van der Waals surface area contributed by atoms with Gasteiger partial charge in [-0.25, -0.2) is 0 Å². The van der Waals surface area contributed by atoms with Crippen molar-refractivity contribution in [1.82, 2.24) is 0 Å². The van der Waals surface area contributed by atoms with Crippen LogP contribution in [0, 0.1) is 0 Å². The van der Waals surface area contributed by atoms with Gasteiger partial charge in [0.25, 0.3) is 0 Å². The lowest BCUT2D eigenvalue weighted by Crippen LogP contribution is -2.11. The summed E-state index contributed by atoms with van der Waals surface area (Å²) in [4.78, 5) is 2.37. The van der Waals surface area contributed by atoms with Crippen molar-refractivity contribution >= 4 is 60.5 Å². The molecule has 0 aliphatic heterocycles. The van der Waals surface area contributed by atoms with Gasteiger partial charge in [-0.1, -0.05) is 146 Å². The van der Waals surface area contributed by atoms with E-state index in [1.807, 2.05) is 0 Å². The number of nitrogens with zero attached hydrogens (tertiary/aromatic N) is 1. The van der Waals surface area contributed by atoms with Crippen molar-refractivity contribution in [1.29, 1.82) is 0 Å². The molecule has 0 spiro atoms. The molecule has 0 aliphatic rings. The number of furan rings is 1. The highest BCUT2D eigenvalue weighted by molar-refractivity contribution is 6.19. The van der Waals surface area contributed by atoms with E-state index in [4.69, 9.17) is 4.42 Å². The molecule has 0 atom stereocenters. The molecule has 1 aromatic heterocycles. The van der Waals surface area contributed by atoms with Crippen LogP contribution < -0.4 is 4.90 Å². The molecule has 52 heavy (non-hydrogen) atoms. The molecule has 2 heteroatoms. The lowest BCUT2D eigenvalue weighted by molar-refractivity contribution is 0.669. The summed E-state index contributed by atoms with van der Waals surface area (Å²) in [6, 6.07) is 71.7. The van der Waals surface area contributed by atoms with Gasteiger partial charge >= 0.3 is 0 Å². The minimum absolute atomic E-state index is 0.900. The first-order valence-electron chi connectivity index (χ1n) is 17.8. The number of fused-ring (bicyclic) bond motifs is 6. The molecule has 0 bridgehead atoms. The summed E-state index contributed by atoms with van der Waals surface area (Å²) in [5.74, 6) is 0. The van der Waals surface area contributed by atoms with Crippen molar-refractivity contribution in [2.75, 3.05) is 4.90 Å². The summed E-state index contributed by atoms with van der Waals surface area (Å²) in [5, 5.41) is 7.22. The van der Waals surface area contributed by atoms with E-state index in [1.165, 1.54) is 32.7 Å². The van der Waals surface area contributed by atoms with E-state index in [-0.39, 0.29) is 0 Å². The second kappa shape index (κ2) is 12.5. The van der Waals surface area contributed by atoms with E-state index in [1.54, 1.807) is 0 Å². The van der Waals surface area contributed by atoms with Gasteiger partial charge in [-0.2, -0.15) is 0 Å². The molecule has 1 heterocycles. The number of hydrogen-bond donors (Lipinski definition) is 0. The fourth-order valence-electron chi connectivity index (χ4n) is 7.76. The molecule has 0 saturated carbocycles. The molecule has 0 unspecified atom stereocenters. The maximum atomic E-state index is 6.34. The lowest BCUT2D eigenvalue weighted by atomic mass is 9.94. The quantitative estimate of drug-likeness (QED) is 0.176. The van der Waals surface area contributed by atoms with Crippen molar-refractivity contribution in [3.05, 3.63) is 200 Å². The predicted octanol–water partition coefficient (Wildman–Crippen LogP) is 14.4. The summed E-state index contributed by atoms with van der Waals surface area (Å²) in [7, 11) is 0. The highest BCUT2D eigenvalue weighted by Crippen LogP contribution is 2.44. The van der Waals surface area contributed by atoms with Gasteiger partial charge in [0.1, 0.15) is 11.2 Å². The fourth-order valence-corrected chi connectivity index (χ4v) is 7.76. The number of benzene rings is 9. The van der Waals surface area contributed by atoms with Gasteiger partial charge in [-0.05, 0) is 104 Å². The standard InChI is InChI=1S/C50H33NO/c1-3-12-35(13-4-1)45-32-38(39-26-30-48-46(33-39)50-44-20-10-8-15-36(44)25-31-49(50)52-48)24-29-47(45)51(40-17-5-2-6-18-40)41-27-22-37(23-28-41)43-21-11-16-34-14-7-9-19-42(34)43/h1-33H. The Morgan fingerprint density at radius 1 is 0.327 bits per heavy atom. The first-order valence-corrected chi connectivity index (χ1v) is 17.8. The Kier molecular flexibility index (Phi) is 7.18. The first kappa shape index (κ1) is 30.0. The van der Waals surface area contributed by atoms with E-state index in [9.17, 15) is 0 Å². The first-order chi connectivity index (χ1) is 25.8. The van der Waals surface area contributed by atoms with Crippen LogP contribution >= 0.6 is 0 Å². The largest absolute Gasteiger partial charge is 0.456 e. The summed E-state index contributed by atoms with van der Waals surface area (Å²) in [6.07, 6.45) is 0. The van der Waals surface area contributed by atoms with Gasteiger partial charge in [0.15, 0.2) is 0 Å². The van der Waals surface area contributed by atoms with Crippen molar-refractivity contribution in [3.8, 4) is 33.4 Å². The topological polar surface area (TPSA) is 16.4 Å². The van der Waals surface area contributed by atoms with Gasteiger partial charge < -0.3 is 9.32 Å². The van der Waals surface area contributed by atoms with Crippen LogP contribution in [0.15, 0.2) is 205 Å². The molecule has 0 fully saturated rings. The summed E-state index contributed by atoms with van der Waals surface area (Å²) in [6.45, 7) is 0. The zero-order chi connectivity index (χ0) is 34.4. The number of anilines is 3. The molecular formula is C50H33NO. The number of rotatable bonds is 6. The summed E-state index contributed by atoms with van der Waals surface area (Å²) >= 11 is 0. The van der Waals surface area contributed by atoms with Crippen LogP contribution in [0.25, 0.3) is 76.9 Å². The van der Waals surface area contributed by atoms with Crippen LogP contribution in [0.3, 0.4) is 0 Å². The molecule has 0 saturated heterocycles. The second-order valence-corrected chi connectivity index (χ2v) is 13.3. The minimum Gasteiger partial charge on any atom is -0.456 e. The third-order valence-electron chi connectivity index (χ3n) is 10.3. The summed E-state index contributed by atoms with van der Waals surface area (Å²) in [5.41, 5.74) is 12.2. The third kappa shape index (κ3) is 5.12. The smallest absolute Gasteiger partial charge is 0.136 e. The molecule has 0 N–H and O–H groups in total. The molecule has 10 aromatic rings. The zero-order valence-electron chi connectivity index (χ0n) is 28.4. The molecule has 244 valence electrons. The Labute approximate surface area is 302 Å². The van der Waals surface area contributed by atoms with Crippen molar-refractivity contribution in [3.63, 3.8) is 0 Å². The maximum absolute atomic E-state index is 6.34. The van der Waals surface area contributed by atoms with Gasteiger partial charge in [0, 0.05) is 27.7 Å². The highest BCUT2D eigenvalue weighted by atomic mass is 16.3. The van der Waals surface area contributed by atoms with E-state index in [2.05, 4.69) is 205 Å². The Morgan fingerprint density at radius 3 is 1.71 bits per heavy atom. The van der Waals surface area contributed by atoms with Crippen LogP contribution in [0.4, 0.5) is 17.1 Å². The van der Waals surface area contributed by atoms with E-state index in [0.29, 0.717) is 0 Å². The fraction of sp³-hybridized carbons (Fsp3) is 0. The van der Waals surface area contributed by atoms with Gasteiger partial charge in [-0.3, -0.25) is 0 Å². The minimum atomic E-state index is 0.900. The van der Waals surface area contributed by atoms with Gasteiger partial charge in [-0.15, -0.1) is 0 Å². The van der Waals surface area contributed by atoms with Crippen molar-refractivity contribution in [2.24, 2.45) is 0 Å². The average molecular weight is 664 g/mol. The van der Waals surface area contributed by atoms with Crippen LogP contribution in [0.5, 0.6) is 0 Å². The van der Waals surface area contributed by atoms with Crippen LogP contribution in [-0.4, -0.2) is 0 Å². The zero-order valence-corrected chi connectivity index (χ0v) is 28.4. The van der Waals surface area contributed by atoms with E-state index in [0.717, 1.165) is 61.3 Å². The second-order valence-electron chi connectivity index (χ2n) is 13.3. The summed E-state index contributed by atoms with van der Waals surface area (Å²) < 4.78 is 6.34. The monoisotopic (exact) mass is 663 g/mol. The predicted molar refractivity (Wildman–Crippen MR) is 220 cm³/mol. The molecule has 0 radical (unpaired) electrons. The highest BCUT2D eigenvalue weighted by Gasteiger charge is 2.19. The van der Waals surface area contributed by atoms with Gasteiger partial charge in [0.05, 0.1) is 5.69 Å². The Bertz CT molecular complexity index is 2880. The van der Waals surface area contributed by atoms with Crippen LogP contribution in [0.2, 0.25) is 0 Å². The molecule has 2 nitrogen and oxygen atoms in total. The molecule has 9 aromatic carbocycles. The molecule has 0 aliphatic carbocycles. The SMILES string of the molecule is c1ccc(-c2cc(-c3ccc4oc5ccc6ccccc6c5c4c3)ccc2N(c2ccccc2)c2ccc(-c3cccc4ccccc34)cc2)cc1. The van der Waals surface area contributed by atoms with Crippen molar-refractivity contribution < 1.29 is 4.42 Å². The molecular weight excluding hydrogens is 631 g/mol. The third-order valence-corrected chi connectivity index (χ3v) is 10.3. The number of para-hydroxylation sites is 1. The van der Waals surface area contributed by atoms with Gasteiger partial charge in [0.2, 0.25) is 0 Å². The Morgan fingerprint density at radius 2 is 0.904 bits per heavy atom. The normalized spacial score (nSPS) is 11.5. The average Bonchev–Trinajstić information content (AvgIpc) is 3.60. The van der Waals surface area contributed by atoms with Crippen LogP contribution in [0.1, 0.15) is 0 Å². The molecule has 0 amide bonds. The number of hydrogen-bond acceptors (Lipinski definition) is 2. The van der Waals surface area contributed by atoms with E-state index < -0.39 is 0 Å². The van der Waals surface area contributed by atoms with Crippen molar-refractivity contribution in [2.45, 2.75) is 0 Å². The van der Waals surface area contributed by atoms with E-state index >= 15 is 0 Å².